The number of carbonyl (C=O) groups excluding carboxylic acids is 1. The summed E-state index contributed by atoms with van der Waals surface area (Å²) in [6.45, 7) is 0. The van der Waals surface area contributed by atoms with E-state index in [1.807, 2.05) is 0 Å². The minimum atomic E-state index is -4.29. The molecule has 0 fully saturated rings. The Morgan fingerprint density at radius 3 is 2.72 bits per heavy atom. The van der Waals surface area contributed by atoms with Crippen molar-refractivity contribution in [3.8, 4) is 0 Å². The number of para-hydroxylation sites is 1. The predicted octanol–water partition coefficient (Wildman–Crippen LogP) is 0.973. The van der Waals surface area contributed by atoms with Crippen molar-refractivity contribution in [1.29, 1.82) is 0 Å². The number of ether oxygens (including phenoxy) is 1. The number of rotatable bonds is 3. The van der Waals surface area contributed by atoms with Gasteiger partial charge in [0.05, 0.1) is 13.5 Å². The highest BCUT2D eigenvalue weighted by atomic mass is 32.2. The first-order valence-corrected chi connectivity index (χ1v) is 6.82. The fraction of sp³-hybridized carbons (Fsp3) is 0.364. The molecule has 6 nitrogen and oxygen atoms in total. The van der Waals surface area contributed by atoms with Gasteiger partial charge in [-0.3, -0.25) is 9.35 Å². The van der Waals surface area contributed by atoms with Crippen molar-refractivity contribution in [3.63, 3.8) is 0 Å². The van der Waals surface area contributed by atoms with Crippen molar-refractivity contribution >= 4 is 21.8 Å². The molecule has 0 radical (unpaired) electrons. The number of anilines is 1. The minimum Gasteiger partial charge on any atom is -0.469 e. The number of esters is 1. The van der Waals surface area contributed by atoms with Crippen LogP contribution in [0.5, 0.6) is 0 Å². The van der Waals surface area contributed by atoms with Crippen LogP contribution in [0, 0.1) is 0 Å². The molecular formula is C11H13NO5S. The Morgan fingerprint density at radius 1 is 1.44 bits per heavy atom. The zero-order chi connectivity index (χ0) is 13.3. The lowest BCUT2D eigenvalue weighted by atomic mass is 9.98. The minimum absolute atomic E-state index is 0.106. The van der Waals surface area contributed by atoms with Gasteiger partial charge in [0, 0.05) is 11.6 Å². The monoisotopic (exact) mass is 271 g/mol. The van der Waals surface area contributed by atoms with Gasteiger partial charge in [-0.25, -0.2) is 0 Å². The van der Waals surface area contributed by atoms with Gasteiger partial charge in [0.2, 0.25) is 0 Å². The fourth-order valence-electron chi connectivity index (χ4n) is 2.13. The molecule has 7 heteroatoms. The van der Waals surface area contributed by atoms with E-state index < -0.39 is 27.4 Å². The van der Waals surface area contributed by atoms with Crippen molar-refractivity contribution < 1.29 is 22.5 Å². The maximum atomic E-state index is 11.3. The van der Waals surface area contributed by atoms with Gasteiger partial charge in [0.1, 0.15) is 0 Å². The molecule has 98 valence electrons. The molecule has 18 heavy (non-hydrogen) atoms. The van der Waals surface area contributed by atoms with Crippen LogP contribution in [0.25, 0.3) is 0 Å². The molecular weight excluding hydrogens is 258 g/mol. The first-order chi connectivity index (χ1) is 8.43. The molecule has 0 aromatic heterocycles. The van der Waals surface area contributed by atoms with Gasteiger partial charge in [-0.1, -0.05) is 18.2 Å². The Balaban J connectivity index is 2.39. The second-order valence-electron chi connectivity index (χ2n) is 4.05. The van der Waals surface area contributed by atoms with Gasteiger partial charge in [0.25, 0.3) is 10.1 Å². The second kappa shape index (κ2) is 4.58. The summed E-state index contributed by atoms with van der Waals surface area (Å²) in [6, 6.07) is 6.91. The summed E-state index contributed by atoms with van der Waals surface area (Å²) >= 11 is 0. The van der Waals surface area contributed by atoms with Gasteiger partial charge >= 0.3 is 5.97 Å². The van der Waals surface area contributed by atoms with E-state index in [9.17, 15) is 17.8 Å². The summed E-state index contributed by atoms with van der Waals surface area (Å²) < 4.78 is 36.4. The molecule has 1 aliphatic heterocycles. The topological polar surface area (TPSA) is 92.7 Å². The molecule has 1 aliphatic rings. The first-order valence-electron chi connectivity index (χ1n) is 5.32. The molecule has 0 bridgehead atoms. The van der Waals surface area contributed by atoms with E-state index in [1.54, 1.807) is 24.3 Å². The van der Waals surface area contributed by atoms with E-state index in [0.717, 1.165) is 0 Å². The molecule has 1 aromatic rings. The molecule has 1 aromatic carbocycles. The highest BCUT2D eigenvalue weighted by Crippen LogP contribution is 2.39. The van der Waals surface area contributed by atoms with Gasteiger partial charge in [0.15, 0.2) is 5.37 Å². The number of benzene rings is 1. The highest BCUT2D eigenvalue weighted by molar-refractivity contribution is 7.86. The highest BCUT2D eigenvalue weighted by Gasteiger charge is 2.41. The van der Waals surface area contributed by atoms with Crippen molar-refractivity contribution in [3.05, 3.63) is 29.8 Å². The van der Waals surface area contributed by atoms with Crippen molar-refractivity contribution in [2.45, 2.75) is 17.7 Å². The Hall–Kier alpha value is -1.60. The molecule has 2 rings (SSSR count). The van der Waals surface area contributed by atoms with Crippen LogP contribution in [0.1, 0.15) is 17.9 Å². The molecule has 2 atom stereocenters. The molecule has 2 unspecified atom stereocenters. The van der Waals surface area contributed by atoms with Gasteiger partial charge in [-0.2, -0.15) is 8.42 Å². The third-order valence-corrected chi connectivity index (χ3v) is 4.05. The quantitative estimate of drug-likeness (QED) is 0.628. The largest absolute Gasteiger partial charge is 0.469 e. The Kier molecular flexibility index (Phi) is 3.27. The third-order valence-electron chi connectivity index (χ3n) is 2.96. The number of methoxy groups -OCH3 is 1. The van der Waals surface area contributed by atoms with Crippen LogP contribution in [0.3, 0.4) is 0 Å². The number of hydrogen-bond acceptors (Lipinski definition) is 5. The SMILES string of the molecule is COC(=O)CC1c2ccccc2NC1S(=O)(=O)O. The van der Waals surface area contributed by atoms with Gasteiger partial charge in [-0.05, 0) is 11.6 Å². The number of fused-ring (bicyclic) bond motifs is 1. The Labute approximate surface area is 105 Å². The number of hydrogen-bond donors (Lipinski definition) is 2. The average molecular weight is 271 g/mol. The van der Waals surface area contributed by atoms with E-state index in [4.69, 9.17) is 0 Å². The van der Waals surface area contributed by atoms with Crippen LogP contribution in [0.2, 0.25) is 0 Å². The van der Waals surface area contributed by atoms with E-state index in [1.165, 1.54) is 7.11 Å². The summed E-state index contributed by atoms with van der Waals surface area (Å²) in [7, 11) is -3.06. The molecule has 2 N–H and O–H groups in total. The van der Waals surface area contributed by atoms with Crippen LogP contribution < -0.4 is 5.32 Å². The maximum Gasteiger partial charge on any atom is 0.306 e. The van der Waals surface area contributed by atoms with Crippen LogP contribution in [0.15, 0.2) is 24.3 Å². The van der Waals surface area contributed by atoms with Crippen molar-refractivity contribution in [2.75, 3.05) is 12.4 Å². The second-order valence-corrected chi connectivity index (χ2v) is 5.59. The van der Waals surface area contributed by atoms with Crippen molar-refractivity contribution in [1.82, 2.24) is 0 Å². The zero-order valence-corrected chi connectivity index (χ0v) is 10.5. The lowest BCUT2D eigenvalue weighted by Gasteiger charge is -2.16. The van der Waals surface area contributed by atoms with E-state index >= 15 is 0 Å². The fourth-order valence-corrected chi connectivity index (χ4v) is 3.06. The maximum absolute atomic E-state index is 11.3. The van der Waals surface area contributed by atoms with Gasteiger partial charge in [-0.15, -0.1) is 0 Å². The lowest BCUT2D eigenvalue weighted by molar-refractivity contribution is -0.141. The molecule has 0 amide bonds. The Morgan fingerprint density at radius 2 is 2.11 bits per heavy atom. The Bertz CT molecular complexity index is 569. The van der Waals surface area contributed by atoms with Crippen molar-refractivity contribution in [2.24, 2.45) is 0 Å². The lowest BCUT2D eigenvalue weighted by Crippen LogP contribution is -2.31. The number of carbonyl (C=O) groups is 1. The molecule has 1 heterocycles. The number of nitrogens with one attached hydrogen (secondary N) is 1. The van der Waals surface area contributed by atoms with Crippen LogP contribution in [0.4, 0.5) is 5.69 Å². The molecule has 0 spiro atoms. The first kappa shape index (κ1) is 12.8. The van der Waals surface area contributed by atoms with E-state index in [0.29, 0.717) is 11.3 Å². The van der Waals surface area contributed by atoms with E-state index in [2.05, 4.69) is 10.1 Å². The smallest absolute Gasteiger partial charge is 0.306 e. The summed E-state index contributed by atoms with van der Waals surface area (Å²) in [4.78, 5) is 11.3. The van der Waals surface area contributed by atoms with Crippen LogP contribution in [-0.2, 0) is 19.6 Å². The van der Waals surface area contributed by atoms with Crippen LogP contribution in [-0.4, -0.2) is 31.4 Å². The summed E-state index contributed by atoms with van der Waals surface area (Å²) in [5.74, 6) is -1.17. The van der Waals surface area contributed by atoms with Crippen LogP contribution >= 0.6 is 0 Å². The average Bonchev–Trinajstić information content (AvgIpc) is 2.68. The van der Waals surface area contributed by atoms with E-state index in [-0.39, 0.29) is 6.42 Å². The van der Waals surface area contributed by atoms with Gasteiger partial charge < -0.3 is 10.1 Å². The summed E-state index contributed by atoms with van der Waals surface area (Å²) in [5.41, 5.74) is 1.29. The third kappa shape index (κ3) is 2.32. The normalized spacial score (nSPS) is 22.1. The summed E-state index contributed by atoms with van der Waals surface area (Å²) in [5, 5.41) is 1.49. The zero-order valence-electron chi connectivity index (χ0n) is 9.66. The molecule has 0 saturated carbocycles. The molecule has 0 aliphatic carbocycles. The standard InChI is InChI=1S/C11H13NO5S/c1-17-10(13)6-8-7-4-2-3-5-9(7)12-11(8)18(14,15)16/h2-5,8,11-12H,6H2,1H3,(H,14,15,16). The summed E-state index contributed by atoms with van der Waals surface area (Å²) in [6.07, 6.45) is -0.106. The molecule has 0 saturated heterocycles. The predicted molar refractivity (Wildman–Crippen MR) is 64.8 cm³/mol.